The topological polar surface area (TPSA) is 91.8 Å². The van der Waals surface area contributed by atoms with Crippen LogP contribution in [0.2, 0.25) is 0 Å². The molecule has 0 saturated heterocycles. The van der Waals surface area contributed by atoms with Gasteiger partial charge in [-0.25, -0.2) is 22.4 Å². The number of hydrogen-bond acceptors (Lipinski definition) is 3. The fourth-order valence-corrected chi connectivity index (χ4v) is 3.68. The van der Waals surface area contributed by atoms with Crippen molar-refractivity contribution in [3.05, 3.63) is 70.8 Å². The minimum Gasteiger partial charge on any atom is -0.450 e. The number of rotatable bonds is 6. The Bertz CT molecular complexity index is 1090. The maximum absolute atomic E-state index is 14.0. The van der Waals surface area contributed by atoms with Crippen molar-refractivity contribution in [2.45, 2.75) is 51.2 Å². The number of guanidine groups is 1. The average Bonchev–Trinajstić information content (AvgIpc) is 2.81. The van der Waals surface area contributed by atoms with Gasteiger partial charge in [-0.15, -0.1) is 0 Å². The van der Waals surface area contributed by atoms with Gasteiger partial charge in [0.2, 0.25) is 0 Å². The molecule has 3 rings (SSSR count). The van der Waals surface area contributed by atoms with E-state index in [9.17, 15) is 27.2 Å². The summed E-state index contributed by atoms with van der Waals surface area (Å²) in [5.74, 6) is -4.60. The van der Waals surface area contributed by atoms with Gasteiger partial charge in [0.05, 0.1) is 6.61 Å². The number of nitrogens with one attached hydrogen (secondary N) is 3. The Morgan fingerprint density at radius 1 is 0.914 bits per heavy atom. The van der Waals surface area contributed by atoms with Crippen LogP contribution in [0.5, 0.6) is 0 Å². The van der Waals surface area contributed by atoms with Crippen LogP contribution in [0.3, 0.4) is 0 Å². The van der Waals surface area contributed by atoms with E-state index in [-0.39, 0.29) is 42.3 Å². The number of hydrogen-bond donors (Lipinski definition) is 3. The van der Waals surface area contributed by atoms with Crippen molar-refractivity contribution in [3.8, 4) is 0 Å². The molecule has 0 aliphatic heterocycles. The third-order valence-electron chi connectivity index (χ3n) is 5.51. The second kappa shape index (κ2) is 12.2. The second-order valence-corrected chi connectivity index (χ2v) is 8.04. The Hall–Kier alpha value is -3.63. The van der Waals surface area contributed by atoms with Crippen LogP contribution >= 0.6 is 0 Å². The molecule has 0 aromatic heterocycles. The van der Waals surface area contributed by atoms with Crippen molar-refractivity contribution < 1.29 is 31.9 Å². The predicted molar refractivity (Wildman–Crippen MR) is 121 cm³/mol. The van der Waals surface area contributed by atoms with Crippen molar-refractivity contribution in [3.63, 3.8) is 0 Å². The minimum atomic E-state index is -1.19. The lowest BCUT2D eigenvalue weighted by Crippen LogP contribution is -2.47. The highest BCUT2D eigenvalue weighted by atomic mass is 19.2. The summed E-state index contributed by atoms with van der Waals surface area (Å²) in [6.07, 6.45) is 2.07. The van der Waals surface area contributed by atoms with Crippen LogP contribution < -0.4 is 16.0 Å². The molecular weight excluding hydrogens is 468 g/mol. The van der Waals surface area contributed by atoms with Crippen molar-refractivity contribution in [1.82, 2.24) is 16.0 Å². The predicted octanol–water partition coefficient (Wildman–Crippen LogP) is 4.18. The molecule has 0 radical (unpaired) electrons. The lowest BCUT2D eigenvalue weighted by Gasteiger charge is -2.30. The molecule has 3 N–H and O–H groups in total. The largest absolute Gasteiger partial charge is 0.450 e. The van der Waals surface area contributed by atoms with Crippen molar-refractivity contribution in [2.24, 2.45) is 4.99 Å². The van der Waals surface area contributed by atoms with E-state index in [1.807, 2.05) is 0 Å². The zero-order valence-electron chi connectivity index (χ0n) is 19.0. The second-order valence-electron chi connectivity index (χ2n) is 8.04. The molecule has 11 heteroatoms. The molecule has 188 valence electrons. The summed E-state index contributed by atoms with van der Waals surface area (Å²) >= 11 is 0. The molecule has 2 aromatic carbocycles. The van der Waals surface area contributed by atoms with Crippen LogP contribution in [-0.2, 0) is 11.3 Å². The van der Waals surface area contributed by atoms with Gasteiger partial charge in [-0.1, -0.05) is 6.07 Å². The number of carbonyl (C=O) groups excluding carboxylic acids is 2. The first-order chi connectivity index (χ1) is 16.7. The molecule has 35 heavy (non-hydrogen) atoms. The van der Waals surface area contributed by atoms with E-state index < -0.39 is 35.3 Å². The number of aliphatic imine (C=N–C) groups is 1. The molecule has 0 heterocycles. The summed E-state index contributed by atoms with van der Waals surface area (Å²) in [7, 11) is 0. The fraction of sp³-hybridized carbons (Fsp3) is 0.375. The molecule has 2 aromatic rings. The van der Waals surface area contributed by atoms with Crippen LogP contribution in [0.1, 0.15) is 48.5 Å². The fourth-order valence-electron chi connectivity index (χ4n) is 3.68. The van der Waals surface area contributed by atoms with Crippen LogP contribution in [0.4, 0.5) is 22.4 Å². The monoisotopic (exact) mass is 494 g/mol. The van der Waals surface area contributed by atoms with Crippen LogP contribution in [-0.4, -0.2) is 36.7 Å². The maximum atomic E-state index is 14.0. The van der Waals surface area contributed by atoms with Crippen molar-refractivity contribution in [2.75, 3.05) is 6.61 Å². The molecule has 0 spiro atoms. The van der Waals surface area contributed by atoms with Gasteiger partial charge >= 0.3 is 6.09 Å². The van der Waals surface area contributed by atoms with Gasteiger partial charge in [0.25, 0.3) is 5.91 Å². The molecule has 2 amide bonds. The van der Waals surface area contributed by atoms with E-state index in [4.69, 9.17) is 4.74 Å². The van der Waals surface area contributed by atoms with Crippen LogP contribution in [0, 0.1) is 23.3 Å². The summed E-state index contributed by atoms with van der Waals surface area (Å²) in [6.45, 7) is 1.88. The SMILES string of the molecule is CCOC(=O)N[C@H]1CC[C@H](N/C(=N\C(=O)c2ccc(F)c(F)c2)NCc2ccc(F)cc2F)CC1. The highest BCUT2D eigenvalue weighted by molar-refractivity contribution is 6.02. The molecule has 1 fully saturated rings. The van der Waals surface area contributed by atoms with Gasteiger partial charge in [0.15, 0.2) is 17.6 Å². The number of carbonyl (C=O) groups is 2. The zero-order chi connectivity index (χ0) is 25.4. The van der Waals surface area contributed by atoms with Gasteiger partial charge in [0, 0.05) is 35.8 Å². The Morgan fingerprint density at radius 2 is 1.60 bits per heavy atom. The summed E-state index contributed by atoms with van der Waals surface area (Å²) in [5, 5.41) is 8.71. The summed E-state index contributed by atoms with van der Waals surface area (Å²) in [6, 6.07) is 5.59. The normalized spacial score (nSPS) is 18.0. The molecule has 0 unspecified atom stereocenters. The first-order valence-corrected chi connectivity index (χ1v) is 11.2. The summed E-state index contributed by atoms with van der Waals surface area (Å²) in [4.78, 5) is 28.1. The Balaban J connectivity index is 1.69. The van der Waals surface area contributed by atoms with Crippen LogP contribution in [0.15, 0.2) is 41.4 Å². The number of benzene rings is 2. The van der Waals surface area contributed by atoms with Gasteiger partial charge in [-0.2, -0.15) is 4.99 Å². The smallest absolute Gasteiger partial charge is 0.407 e. The van der Waals surface area contributed by atoms with Gasteiger partial charge in [-0.3, -0.25) is 4.79 Å². The van der Waals surface area contributed by atoms with Gasteiger partial charge < -0.3 is 20.7 Å². The van der Waals surface area contributed by atoms with Crippen molar-refractivity contribution >= 4 is 18.0 Å². The lowest BCUT2D eigenvalue weighted by molar-refractivity contribution is 0.100. The number of amides is 2. The molecule has 0 atom stereocenters. The number of alkyl carbamates (subject to hydrolysis) is 1. The van der Waals surface area contributed by atoms with E-state index in [0.717, 1.165) is 30.3 Å². The minimum absolute atomic E-state index is 0.00487. The Labute approximate surface area is 200 Å². The Kier molecular flexibility index (Phi) is 9.04. The number of ether oxygens (including phenoxy) is 1. The van der Waals surface area contributed by atoms with Gasteiger partial charge in [0.1, 0.15) is 11.6 Å². The zero-order valence-corrected chi connectivity index (χ0v) is 19.0. The number of halogens is 4. The highest BCUT2D eigenvalue weighted by Gasteiger charge is 2.24. The first kappa shape index (κ1) is 26.0. The average molecular weight is 494 g/mol. The number of nitrogens with zero attached hydrogens (tertiary/aromatic N) is 1. The van der Waals surface area contributed by atoms with Crippen molar-refractivity contribution in [1.29, 1.82) is 0 Å². The molecule has 7 nitrogen and oxygen atoms in total. The molecule has 1 saturated carbocycles. The standard InChI is InChI=1S/C24H26F4N4O3/c1-2-35-24(34)31-18-8-6-17(7-9-18)30-23(29-13-15-3-5-16(25)12-20(15)27)32-22(33)14-4-10-19(26)21(28)11-14/h3-5,10-12,17-18H,2,6-9,13H2,1H3,(H,31,34)(H2,29,30,32,33)/t17-,18-. The van der Waals surface area contributed by atoms with E-state index in [1.54, 1.807) is 6.92 Å². The van der Waals surface area contributed by atoms with Crippen LogP contribution in [0.25, 0.3) is 0 Å². The van der Waals surface area contributed by atoms with E-state index in [0.29, 0.717) is 25.7 Å². The quantitative estimate of drug-likeness (QED) is 0.319. The molecule has 1 aliphatic rings. The summed E-state index contributed by atoms with van der Waals surface area (Å²) in [5.41, 5.74) is -0.0242. The van der Waals surface area contributed by atoms with Gasteiger partial charge in [-0.05, 0) is 56.9 Å². The Morgan fingerprint density at radius 3 is 2.23 bits per heavy atom. The highest BCUT2D eigenvalue weighted by Crippen LogP contribution is 2.19. The molecule has 0 bridgehead atoms. The first-order valence-electron chi connectivity index (χ1n) is 11.2. The third kappa shape index (κ3) is 7.69. The molecular formula is C24H26F4N4O3. The third-order valence-corrected chi connectivity index (χ3v) is 5.51. The molecule has 1 aliphatic carbocycles. The van der Waals surface area contributed by atoms with E-state index >= 15 is 0 Å². The van der Waals surface area contributed by atoms with E-state index in [2.05, 4.69) is 20.9 Å². The van der Waals surface area contributed by atoms with E-state index in [1.165, 1.54) is 6.07 Å². The lowest BCUT2D eigenvalue weighted by atomic mass is 9.91. The maximum Gasteiger partial charge on any atom is 0.407 e. The summed E-state index contributed by atoms with van der Waals surface area (Å²) < 4.78 is 58.9.